The molecule has 0 radical (unpaired) electrons. The number of benzene rings is 3. The smallest absolute Gasteiger partial charge is 0.387 e. The first-order valence-corrected chi connectivity index (χ1v) is 12.8. The van der Waals surface area contributed by atoms with Gasteiger partial charge in [-0.15, -0.1) is 0 Å². The van der Waals surface area contributed by atoms with E-state index in [9.17, 15) is 13.2 Å². The summed E-state index contributed by atoms with van der Waals surface area (Å²) >= 11 is 0. The summed E-state index contributed by atoms with van der Waals surface area (Å²) in [6.07, 6.45) is 9.78. The molecule has 0 unspecified atom stereocenters. The van der Waals surface area contributed by atoms with Crippen LogP contribution in [0.5, 0.6) is 11.5 Å². The van der Waals surface area contributed by atoms with Crippen LogP contribution in [0.4, 0.5) is 17.6 Å². The van der Waals surface area contributed by atoms with Crippen molar-refractivity contribution in [1.29, 1.82) is 0 Å². The molecule has 0 atom stereocenters. The van der Waals surface area contributed by atoms with Gasteiger partial charge in [-0.2, -0.15) is 8.78 Å². The Balaban J connectivity index is 1.39. The largest absolute Gasteiger partial charge is 0.490 e. The monoisotopic (exact) mass is 526 g/mol. The molecule has 8 heteroatoms. The van der Waals surface area contributed by atoms with E-state index in [0.29, 0.717) is 52.9 Å². The second kappa shape index (κ2) is 13.2. The van der Waals surface area contributed by atoms with Crippen LogP contribution in [0.1, 0.15) is 50.2 Å². The van der Waals surface area contributed by atoms with Crippen molar-refractivity contribution < 1.29 is 27.0 Å². The molecule has 200 valence electrons. The van der Waals surface area contributed by atoms with Gasteiger partial charge < -0.3 is 9.47 Å². The highest BCUT2D eigenvalue weighted by Gasteiger charge is 2.13. The van der Waals surface area contributed by atoms with E-state index < -0.39 is 18.2 Å². The van der Waals surface area contributed by atoms with Crippen molar-refractivity contribution in [3.8, 4) is 22.9 Å². The number of unbranched alkanes of at least 4 members (excludes halogenated alkanes) is 4. The fraction of sp³-hybridized carbons (Fsp3) is 0.333. The van der Waals surface area contributed by atoms with Gasteiger partial charge in [0.05, 0.1) is 19.0 Å². The number of halogens is 4. The summed E-state index contributed by atoms with van der Waals surface area (Å²) in [6, 6.07) is 12.6. The highest BCUT2D eigenvalue weighted by Crippen LogP contribution is 2.28. The van der Waals surface area contributed by atoms with Gasteiger partial charge in [-0.1, -0.05) is 62.9 Å². The molecule has 4 aromatic rings. The van der Waals surface area contributed by atoms with Crippen LogP contribution in [-0.2, 0) is 12.8 Å². The molecule has 4 nitrogen and oxygen atoms in total. The molecule has 1 heterocycles. The highest BCUT2D eigenvalue weighted by molar-refractivity contribution is 5.87. The zero-order valence-corrected chi connectivity index (χ0v) is 21.2. The molecule has 0 saturated carbocycles. The minimum atomic E-state index is -3.10. The van der Waals surface area contributed by atoms with E-state index in [2.05, 4.69) is 21.6 Å². The number of ether oxygens (including phenoxy) is 2. The maximum absolute atomic E-state index is 15.2. The maximum Gasteiger partial charge on any atom is 0.387 e. The lowest BCUT2D eigenvalue weighted by Gasteiger charge is -2.10. The topological polar surface area (TPSA) is 44.2 Å². The number of nitrogens with zero attached hydrogens (tertiary/aromatic N) is 2. The van der Waals surface area contributed by atoms with Crippen molar-refractivity contribution in [2.45, 2.75) is 58.5 Å². The summed E-state index contributed by atoms with van der Waals surface area (Å²) in [5, 5.41) is 1.17. The number of rotatable bonds is 13. The third-order valence-electron chi connectivity index (χ3n) is 6.33. The van der Waals surface area contributed by atoms with E-state index in [0.717, 1.165) is 30.5 Å². The van der Waals surface area contributed by atoms with Gasteiger partial charge in [-0.25, -0.2) is 18.7 Å². The second-order valence-corrected chi connectivity index (χ2v) is 9.12. The molecule has 3 aromatic carbocycles. The van der Waals surface area contributed by atoms with E-state index in [1.807, 2.05) is 12.1 Å². The molecule has 0 amide bonds. The Morgan fingerprint density at radius 1 is 0.842 bits per heavy atom. The molecule has 0 aliphatic carbocycles. The fourth-order valence-corrected chi connectivity index (χ4v) is 4.28. The highest BCUT2D eigenvalue weighted by atomic mass is 19.3. The third-order valence-corrected chi connectivity index (χ3v) is 6.33. The summed E-state index contributed by atoms with van der Waals surface area (Å²) in [5.74, 6) is -0.598. The van der Waals surface area contributed by atoms with Crippen molar-refractivity contribution in [2.24, 2.45) is 0 Å². The van der Waals surface area contributed by atoms with Crippen LogP contribution < -0.4 is 9.47 Å². The van der Waals surface area contributed by atoms with Crippen LogP contribution in [0.2, 0.25) is 0 Å². The van der Waals surface area contributed by atoms with Crippen LogP contribution >= 0.6 is 0 Å². The first-order chi connectivity index (χ1) is 18.4. The van der Waals surface area contributed by atoms with Gasteiger partial charge in [0.25, 0.3) is 0 Å². The molecule has 0 aliphatic heterocycles. The number of fused-ring (bicyclic) bond motifs is 1. The molecular formula is C30H30F4N2O2. The van der Waals surface area contributed by atoms with Crippen LogP contribution in [0.15, 0.2) is 60.9 Å². The standard InChI is InChI=1S/C30H30F4N2O2/c1-2-3-4-5-6-15-37-24-18-35-29(36-19-24)23-12-13-25-22(17-23)11-10-21(28(25)32)9-7-20-8-14-27(26(31)16-20)38-30(33)34/h8,10-14,16-19,30H,2-7,9,15H2,1H3. The van der Waals surface area contributed by atoms with Crippen LogP contribution in [0, 0.1) is 11.6 Å². The second-order valence-electron chi connectivity index (χ2n) is 9.12. The summed E-state index contributed by atoms with van der Waals surface area (Å²) in [4.78, 5) is 8.81. The Morgan fingerprint density at radius 3 is 2.37 bits per heavy atom. The van der Waals surface area contributed by atoms with Crippen molar-refractivity contribution in [3.63, 3.8) is 0 Å². The van der Waals surface area contributed by atoms with Crippen molar-refractivity contribution in [3.05, 3.63) is 83.7 Å². The Kier molecular flexibility index (Phi) is 9.51. The molecule has 0 saturated heterocycles. The Bertz CT molecular complexity index is 1350. The molecule has 38 heavy (non-hydrogen) atoms. The molecule has 0 bridgehead atoms. The van der Waals surface area contributed by atoms with Crippen molar-refractivity contribution >= 4 is 10.8 Å². The van der Waals surface area contributed by atoms with Gasteiger partial charge >= 0.3 is 6.61 Å². The quantitative estimate of drug-likeness (QED) is 0.130. The zero-order valence-electron chi connectivity index (χ0n) is 21.2. The van der Waals surface area contributed by atoms with E-state index >= 15 is 4.39 Å². The molecular weight excluding hydrogens is 496 g/mol. The SMILES string of the molecule is CCCCCCCOc1cnc(-c2ccc3c(F)c(CCc4ccc(OC(F)F)c(F)c4)ccc3c2)nc1. The summed E-state index contributed by atoms with van der Waals surface area (Å²) in [7, 11) is 0. The van der Waals surface area contributed by atoms with Gasteiger partial charge in [0.15, 0.2) is 23.1 Å². The average molecular weight is 527 g/mol. The minimum Gasteiger partial charge on any atom is -0.490 e. The zero-order chi connectivity index (χ0) is 26.9. The number of hydrogen-bond acceptors (Lipinski definition) is 4. The molecule has 0 spiro atoms. The van der Waals surface area contributed by atoms with Gasteiger partial charge in [0, 0.05) is 10.9 Å². The number of aryl methyl sites for hydroxylation is 2. The lowest BCUT2D eigenvalue weighted by molar-refractivity contribution is -0.0522. The van der Waals surface area contributed by atoms with Crippen LogP contribution in [0.3, 0.4) is 0 Å². The fourth-order valence-electron chi connectivity index (χ4n) is 4.28. The van der Waals surface area contributed by atoms with E-state index in [-0.39, 0.29) is 5.82 Å². The van der Waals surface area contributed by atoms with E-state index in [1.54, 1.807) is 30.6 Å². The lowest BCUT2D eigenvalue weighted by Crippen LogP contribution is -2.04. The molecule has 4 rings (SSSR count). The maximum atomic E-state index is 15.2. The average Bonchev–Trinajstić information content (AvgIpc) is 2.91. The van der Waals surface area contributed by atoms with Gasteiger partial charge in [-0.3, -0.25) is 0 Å². The van der Waals surface area contributed by atoms with Gasteiger partial charge in [0.1, 0.15) is 5.82 Å². The number of hydrogen-bond donors (Lipinski definition) is 0. The Morgan fingerprint density at radius 2 is 1.63 bits per heavy atom. The Labute approximate surface area is 219 Å². The molecule has 0 aliphatic rings. The first kappa shape index (κ1) is 27.4. The normalized spacial score (nSPS) is 11.3. The Hall–Kier alpha value is -3.68. The predicted octanol–water partition coefficient (Wildman–Crippen LogP) is 8.31. The molecule has 1 aromatic heterocycles. The van der Waals surface area contributed by atoms with Crippen LogP contribution in [0.25, 0.3) is 22.2 Å². The van der Waals surface area contributed by atoms with Crippen LogP contribution in [-0.4, -0.2) is 23.2 Å². The summed E-state index contributed by atoms with van der Waals surface area (Å²) in [6.45, 7) is -0.276. The van der Waals surface area contributed by atoms with E-state index in [1.165, 1.54) is 25.3 Å². The number of aromatic nitrogens is 2. The third kappa shape index (κ3) is 7.21. The van der Waals surface area contributed by atoms with E-state index in [4.69, 9.17) is 4.74 Å². The lowest BCUT2D eigenvalue weighted by atomic mass is 9.99. The van der Waals surface area contributed by atoms with Crippen molar-refractivity contribution in [1.82, 2.24) is 9.97 Å². The van der Waals surface area contributed by atoms with Crippen molar-refractivity contribution in [2.75, 3.05) is 6.61 Å². The first-order valence-electron chi connectivity index (χ1n) is 12.8. The molecule has 0 fully saturated rings. The predicted molar refractivity (Wildman–Crippen MR) is 140 cm³/mol. The summed E-state index contributed by atoms with van der Waals surface area (Å²) in [5.41, 5.74) is 1.79. The number of alkyl halides is 2. The van der Waals surface area contributed by atoms with Gasteiger partial charge in [-0.05, 0) is 54.0 Å². The minimum absolute atomic E-state index is 0.321. The summed E-state index contributed by atoms with van der Waals surface area (Å²) < 4.78 is 63.7. The van der Waals surface area contributed by atoms with Gasteiger partial charge in [0.2, 0.25) is 0 Å². The molecule has 0 N–H and O–H groups in total.